The summed E-state index contributed by atoms with van der Waals surface area (Å²) in [6.07, 6.45) is 0. The van der Waals surface area contributed by atoms with E-state index in [0.29, 0.717) is 11.1 Å². The van der Waals surface area contributed by atoms with E-state index in [1.165, 1.54) is 6.07 Å². The Morgan fingerprint density at radius 1 is 1.14 bits per heavy atom. The monoisotopic (exact) mass is 348 g/mol. The normalized spacial score (nSPS) is 10.1. The number of amides is 1. The van der Waals surface area contributed by atoms with Crippen molar-refractivity contribution in [2.75, 3.05) is 0 Å². The molecule has 6 heteroatoms. The predicted molar refractivity (Wildman–Crippen MR) is 83.3 cm³/mol. The highest BCUT2D eigenvalue weighted by Gasteiger charge is 2.13. The number of nitro benzene ring substituents is 1. The Labute approximate surface area is 130 Å². The van der Waals surface area contributed by atoms with Crippen LogP contribution in [0.25, 0.3) is 0 Å². The summed E-state index contributed by atoms with van der Waals surface area (Å²) in [5.74, 6) is -0.255. The van der Waals surface area contributed by atoms with Crippen LogP contribution >= 0.6 is 15.9 Å². The van der Waals surface area contributed by atoms with Gasteiger partial charge in [-0.15, -0.1) is 0 Å². The molecular formula is C15H13BrN2O3. The molecule has 2 aromatic rings. The maximum atomic E-state index is 12.0. The number of alkyl halides is 1. The number of para-hydroxylation sites is 1. The van der Waals surface area contributed by atoms with Gasteiger partial charge < -0.3 is 5.32 Å². The lowest BCUT2D eigenvalue weighted by molar-refractivity contribution is -0.385. The fourth-order valence-corrected chi connectivity index (χ4v) is 2.24. The second-order valence-electron chi connectivity index (χ2n) is 4.40. The van der Waals surface area contributed by atoms with Crippen molar-refractivity contribution in [1.29, 1.82) is 0 Å². The van der Waals surface area contributed by atoms with E-state index >= 15 is 0 Å². The molecule has 5 nitrogen and oxygen atoms in total. The maximum Gasteiger partial charge on any atom is 0.274 e. The van der Waals surface area contributed by atoms with E-state index in [1.807, 2.05) is 12.1 Å². The van der Waals surface area contributed by atoms with Gasteiger partial charge >= 0.3 is 0 Å². The molecule has 21 heavy (non-hydrogen) atoms. The van der Waals surface area contributed by atoms with Crippen molar-refractivity contribution in [3.05, 3.63) is 75.3 Å². The number of rotatable bonds is 5. The Morgan fingerprint density at radius 2 is 1.81 bits per heavy atom. The third-order valence-corrected chi connectivity index (χ3v) is 3.65. The van der Waals surface area contributed by atoms with Crippen LogP contribution < -0.4 is 5.32 Å². The average Bonchev–Trinajstić information content (AvgIpc) is 2.52. The van der Waals surface area contributed by atoms with Crippen LogP contribution in [-0.2, 0) is 11.9 Å². The van der Waals surface area contributed by atoms with Gasteiger partial charge in [-0.05, 0) is 17.7 Å². The maximum absolute atomic E-state index is 12.0. The molecule has 0 radical (unpaired) electrons. The molecule has 0 atom stereocenters. The van der Waals surface area contributed by atoms with Gasteiger partial charge in [-0.3, -0.25) is 14.9 Å². The van der Waals surface area contributed by atoms with Crippen molar-refractivity contribution in [1.82, 2.24) is 5.32 Å². The summed E-state index contributed by atoms with van der Waals surface area (Å²) >= 11 is 3.34. The summed E-state index contributed by atoms with van der Waals surface area (Å²) in [6.45, 7) is 0.121. The SMILES string of the molecule is O=C(NCc1ccccc1[N+](=O)[O-])c1ccc(CBr)cc1. The molecule has 0 aromatic heterocycles. The van der Waals surface area contributed by atoms with Gasteiger partial charge in [0.1, 0.15) is 0 Å². The molecule has 0 unspecified atom stereocenters. The van der Waals surface area contributed by atoms with E-state index in [1.54, 1.807) is 30.3 Å². The zero-order valence-electron chi connectivity index (χ0n) is 11.1. The number of halogens is 1. The first kappa shape index (κ1) is 15.2. The summed E-state index contributed by atoms with van der Waals surface area (Å²) in [4.78, 5) is 22.4. The van der Waals surface area contributed by atoms with E-state index in [9.17, 15) is 14.9 Å². The molecular weight excluding hydrogens is 336 g/mol. The standard InChI is InChI=1S/C15H13BrN2O3/c16-9-11-5-7-12(8-6-11)15(19)17-10-13-3-1-2-4-14(13)18(20)21/h1-8H,9-10H2,(H,17,19). The first-order valence-corrected chi connectivity index (χ1v) is 7.39. The Morgan fingerprint density at radius 3 is 2.43 bits per heavy atom. The average molecular weight is 349 g/mol. The molecule has 0 aliphatic rings. The molecule has 0 spiro atoms. The van der Waals surface area contributed by atoms with Gasteiger partial charge in [0.15, 0.2) is 0 Å². The van der Waals surface area contributed by atoms with Crippen molar-refractivity contribution >= 4 is 27.5 Å². The van der Waals surface area contributed by atoms with Crippen LogP contribution in [0, 0.1) is 10.1 Å². The van der Waals surface area contributed by atoms with Crippen LogP contribution in [0.5, 0.6) is 0 Å². The molecule has 1 N–H and O–H groups in total. The van der Waals surface area contributed by atoms with Crippen molar-refractivity contribution in [2.45, 2.75) is 11.9 Å². The van der Waals surface area contributed by atoms with E-state index in [0.717, 1.165) is 10.9 Å². The zero-order chi connectivity index (χ0) is 15.2. The van der Waals surface area contributed by atoms with Gasteiger partial charge in [0, 0.05) is 29.1 Å². The Bertz CT molecular complexity index is 656. The fraction of sp³-hybridized carbons (Fsp3) is 0.133. The highest BCUT2D eigenvalue weighted by molar-refractivity contribution is 9.08. The smallest absolute Gasteiger partial charge is 0.274 e. The lowest BCUT2D eigenvalue weighted by atomic mass is 10.1. The van der Waals surface area contributed by atoms with Crippen molar-refractivity contribution in [3.8, 4) is 0 Å². The second-order valence-corrected chi connectivity index (χ2v) is 4.96. The quantitative estimate of drug-likeness (QED) is 0.511. The number of hydrogen-bond donors (Lipinski definition) is 1. The third-order valence-electron chi connectivity index (χ3n) is 3.00. The van der Waals surface area contributed by atoms with Gasteiger partial charge in [-0.2, -0.15) is 0 Å². The van der Waals surface area contributed by atoms with E-state index in [2.05, 4.69) is 21.2 Å². The molecule has 0 bridgehead atoms. The van der Waals surface area contributed by atoms with Crippen LogP contribution in [0.3, 0.4) is 0 Å². The molecule has 108 valence electrons. The first-order valence-electron chi connectivity index (χ1n) is 6.27. The Kier molecular flexibility index (Phi) is 5.05. The Hall–Kier alpha value is -2.21. The van der Waals surface area contributed by atoms with Crippen LogP contribution in [-0.4, -0.2) is 10.8 Å². The number of hydrogen-bond acceptors (Lipinski definition) is 3. The minimum absolute atomic E-state index is 0.00689. The number of benzene rings is 2. The number of carbonyl (C=O) groups excluding carboxylic acids is 1. The van der Waals surface area contributed by atoms with Gasteiger partial charge in [0.25, 0.3) is 11.6 Å². The van der Waals surface area contributed by atoms with Crippen LogP contribution in [0.4, 0.5) is 5.69 Å². The predicted octanol–water partition coefficient (Wildman–Crippen LogP) is 3.42. The molecule has 0 aliphatic heterocycles. The van der Waals surface area contributed by atoms with Crippen molar-refractivity contribution in [2.24, 2.45) is 0 Å². The number of nitro groups is 1. The van der Waals surface area contributed by atoms with Gasteiger partial charge in [-0.1, -0.05) is 46.3 Å². The highest BCUT2D eigenvalue weighted by Crippen LogP contribution is 2.17. The molecule has 2 aromatic carbocycles. The van der Waals surface area contributed by atoms with Crippen LogP contribution in [0.15, 0.2) is 48.5 Å². The minimum atomic E-state index is -0.452. The summed E-state index contributed by atoms with van der Waals surface area (Å²) in [5.41, 5.74) is 2.09. The molecule has 1 amide bonds. The molecule has 0 aliphatic carbocycles. The molecule has 0 fully saturated rings. The van der Waals surface area contributed by atoms with Gasteiger partial charge in [0.2, 0.25) is 0 Å². The van der Waals surface area contributed by atoms with Crippen molar-refractivity contribution < 1.29 is 9.72 Å². The lowest BCUT2D eigenvalue weighted by Gasteiger charge is -2.06. The topological polar surface area (TPSA) is 72.2 Å². The summed E-state index contributed by atoms with van der Waals surface area (Å²) in [7, 11) is 0. The molecule has 0 saturated carbocycles. The molecule has 0 saturated heterocycles. The summed E-state index contributed by atoms with van der Waals surface area (Å²) in [6, 6.07) is 13.5. The first-order chi connectivity index (χ1) is 10.1. The number of nitrogens with zero attached hydrogens (tertiary/aromatic N) is 1. The molecule has 0 heterocycles. The summed E-state index contributed by atoms with van der Waals surface area (Å²) in [5, 5.41) is 14.3. The van der Waals surface area contributed by atoms with Crippen LogP contribution in [0.2, 0.25) is 0 Å². The Balaban J connectivity index is 2.05. The fourth-order valence-electron chi connectivity index (χ4n) is 1.86. The summed E-state index contributed by atoms with van der Waals surface area (Å²) < 4.78 is 0. The number of carbonyl (C=O) groups is 1. The molecule has 2 rings (SSSR count). The van der Waals surface area contributed by atoms with Crippen LogP contribution in [0.1, 0.15) is 21.5 Å². The second kappa shape index (κ2) is 6.99. The van der Waals surface area contributed by atoms with Gasteiger partial charge in [0.05, 0.1) is 4.92 Å². The largest absolute Gasteiger partial charge is 0.348 e. The van der Waals surface area contributed by atoms with E-state index in [-0.39, 0.29) is 18.1 Å². The minimum Gasteiger partial charge on any atom is -0.348 e. The highest BCUT2D eigenvalue weighted by atomic mass is 79.9. The van der Waals surface area contributed by atoms with E-state index < -0.39 is 4.92 Å². The third kappa shape index (κ3) is 3.88. The zero-order valence-corrected chi connectivity index (χ0v) is 12.7. The van der Waals surface area contributed by atoms with Gasteiger partial charge in [-0.25, -0.2) is 0 Å². The number of nitrogens with one attached hydrogen (secondary N) is 1. The van der Waals surface area contributed by atoms with E-state index in [4.69, 9.17) is 0 Å². The van der Waals surface area contributed by atoms with Crippen molar-refractivity contribution in [3.63, 3.8) is 0 Å². The lowest BCUT2D eigenvalue weighted by Crippen LogP contribution is -2.23.